The van der Waals surface area contributed by atoms with E-state index in [1.807, 2.05) is 0 Å². The average Bonchev–Trinajstić information content (AvgIpc) is 2.33. The number of Topliss-reactive ketones (excluding diaryl/α,β-unsaturated/α-hetero) is 1. The van der Waals surface area contributed by atoms with Crippen LogP contribution in [0.4, 0.5) is 8.78 Å². The number of rotatable bonds is 3. The molecule has 12 heavy (non-hydrogen) atoms. The highest BCUT2D eigenvalue weighted by Crippen LogP contribution is 2.02. The first-order valence-electron chi connectivity index (χ1n) is 3.29. The number of carbonyl (C=O) groups excluding carboxylic acids is 1. The maximum absolute atomic E-state index is 11.8. The summed E-state index contributed by atoms with van der Waals surface area (Å²) in [5, 5.41) is 6.70. The molecule has 0 N–H and O–H groups in total. The standard InChI is InChI=1S/C6H7F2N3O/c1-4(12)5-2-9-10-11(5)3-6(7)8/h2,6H,3H2,1H3. The Morgan fingerprint density at radius 2 is 2.42 bits per heavy atom. The molecule has 0 unspecified atom stereocenters. The van der Waals surface area contributed by atoms with E-state index in [2.05, 4.69) is 10.3 Å². The third kappa shape index (κ3) is 1.84. The van der Waals surface area contributed by atoms with Crippen LogP contribution in [0.5, 0.6) is 0 Å². The average molecular weight is 175 g/mol. The number of hydrogen-bond donors (Lipinski definition) is 0. The van der Waals surface area contributed by atoms with E-state index in [0.29, 0.717) is 0 Å². The van der Waals surface area contributed by atoms with Gasteiger partial charge in [-0.1, -0.05) is 5.21 Å². The van der Waals surface area contributed by atoms with Crippen molar-refractivity contribution >= 4 is 5.78 Å². The summed E-state index contributed by atoms with van der Waals surface area (Å²) in [6, 6.07) is 0. The van der Waals surface area contributed by atoms with E-state index >= 15 is 0 Å². The van der Waals surface area contributed by atoms with Crippen LogP contribution in [-0.4, -0.2) is 27.2 Å². The Hall–Kier alpha value is -1.33. The molecule has 0 aliphatic rings. The zero-order valence-corrected chi connectivity index (χ0v) is 6.37. The van der Waals surface area contributed by atoms with Crippen LogP contribution in [0.2, 0.25) is 0 Å². The van der Waals surface area contributed by atoms with Crippen LogP contribution in [0, 0.1) is 0 Å². The van der Waals surface area contributed by atoms with Crippen molar-refractivity contribution in [2.75, 3.05) is 0 Å². The lowest BCUT2D eigenvalue weighted by atomic mass is 10.3. The summed E-state index contributed by atoms with van der Waals surface area (Å²) in [5.74, 6) is -0.319. The van der Waals surface area contributed by atoms with Crippen molar-refractivity contribution in [2.45, 2.75) is 19.9 Å². The molecule has 0 aromatic carbocycles. The van der Waals surface area contributed by atoms with Gasteiger partial charge in [0.15, 0.2) is 5.78 Å². The molecule has 0 atom stereocenters. The largest absolute Gasteiger partial charge is 0.293 e. The van der Waals surface area contributed by atoms with Crippen LogP contribution >= 0.6 is 0 Å². The number of halogens is 2. The molecule has 0 saturated carbocycles. The highest BCUT2D eigenvalue weighted by molar-refractivity contribution is 5.91. The van der Waals surface area contributed by atoms with Gasteiger partial charge in [0.1, 0.15) is 12.2 Å². The molecule has 0 bridgehead atoms. The summed E-state index contributed by atoms with van der Waals surface area (Å²) in [6.07, 6.45) is -1.35. The second kappa shape index (κ2) is 3.38. The topological polar surface area (TPSA) is 47.8 Å². The molecule has 0 fully saturated rings. The van der Waals surface area contributed by atoms with Gasteiger partial charge >= 0.3 is 0 Å². The maximum atomic E-state index is 11.8. The molecule has 0 saturated heterocycles. The molecule has 66 valence electrons. The van der Waals surface area contributed by atoms with Crippen molar-refractivity contribution in [3.8, 4) is 0 Å². The zero-order chi connectivity index (χ0) is 9.14. The minimum atomic E-state index is -2.52. The first-order chi connectivity index (χ1) is 5.61. The Labute approximate surface area is 67.2 Å². The SMILES string of the molecule is CC(=O)c1cnnn1CC(F)F. The fourth-order valence-corrected chi connectivity index (χ4v) is 0.796. The molecule has 1 aromatic rings. The number of nitrogens with zero attached hydrogens (tertiary/aromatic N) is 3. The Morgan fingerprint density at radius 3 is 2.92 bits per heavy atom. The van der Waals surface area contributed by atoms with E-state index in [1.54, 1.807) is 0 Å². The molecule has 1 aromatic heterocycles. The second-order valence-corrected chi connectivity index (χ2v) is 2.25. The summed E-state index contributed by atoms with van der Waals surface area (Å²) in [5.41, 5.74) is 0.107. The zero-order valence-electron chi connectivity index (χ0n) is 6.37. The van der Waals surface area contributed by atoms with Gasteiger partial charge in [-0.15, -0.1) is 5.10 Å². The van der Waals surface area contributed by atoms with E-state index in [4.69, 9.17) is 0 Å². The first kappa shape index (κ1) is 8.76. The minimum absolute atomic E-state index is 0.107. The van der Waals surface area contributed by atoms with Gasteiger partial charge in [-0.3, -0.25) is 4.79 Å². The van der Waals surface area contributed by atoms with Crippen LogP contribution in [0.15, 0.2) is 6.20 Å². The number of alkyl halides is 2. The van der Waals surface area contributed by atoms with Crippen LogP contribution in [-0.2, 0) is 6.54 Å². The molecule has 0 amide bonds. The lowest BCUT2D eigenvalue weighted by Crippen LogP contribution is -2.13. The van der Waals surface area contributed by atoms with Gasteiger partial charge in [0.2, 0.25) is 0 Å². The summed E-state index contributed by atoms with van der Waals surface area (Å²) in [6.45, 7) is 0.690. The van der Waals surface area contributed by atoms with E-state index in [0.717, 1.165) is 4.68 Å². The highest BCUT2D eigenvalue weighted by atomic mass is 19.3. The van der Waals surface area contributed by atoms with Gasteiger partial charge in [-0.05, 0) is 0 Å². The Kier molecular flexibility index (Phi) is 2.47. The summed E-state index contributed by atoms with van der Waals surface area (Å²) >= 11 is 0. The quantitative estimate of drug-likeness (QED) is 0.637. The van der Waals surface area contributed by atoms with Crippen molar-refractivity contribution in [1.29, 1.82) is 0 Å². The van der Waals surface area contributed by atoms with Crippen LogP contribution in [0.1, 0.15) is 17.4 Å². The molecule has 1 heterocycles. The molecule has 1 rings (SSSR count). The van der Waals surface area contributed by atoms with E-state index in [-0.39, 0.29) is 11.5 Å². The molecule has 6 heteroatoms. The molecule has 4 nitrogen and oxygen atoms in total. The normalized spacial score (nSPS) is 10.7. The van der Waals surface area contributed by atoms with Crippen molar-refractivity contribution in [3.05, 3.63) is 11.9 Å². The molecular weight excluding hydrogens is 168 g/mol. The maximum Gasteiger partial charge on any atom is 0.258 e. The van der Waals surface area contributed by atoms with Gasteiger partial charge in [0, 0.05) is 6.92 Å². The minimum Gasteiger partial charge on any atom is -0.293 e. The summed E-state index contributed by atoms with van der Waals surface area (Å²) in [7, 11) is 0. The van der Waals surface area contributed by atoms with Gasteiger partial charge < -0.3 is 0 Å². The third-order valence-corrected chi connectivity index (χ3v) is 1.29. The van der Waals surface area contributed by atoms with Crippen molar-refractivity contribution in [1.82, 2.24) is 15.0 Å². The number of aromatic nitrogens is 3. The van der Waals surface area contributed by atoms with Gasteiger partial charge in [-0.2, -0.15) is 0 Å². The number of ketones is 1. The monoisotopic (exact) mass is 175 g/mol. The Morgan fingerprint density at radius 1 is 1.75 bits per heavy atom. The van der Waals surface area contributed by atoms with Crippen molar-refractivity contribution < 1.29 is 13.6 Å². The Bertz CT molecular complexity index is 284. The highest BCUT2D eigenvalue weighted by Gasteiger charge is 2.12. The van der Waals surface area contributed by atoms with E-state index < -0.39 is 13.0 Å². The lowest BCUT2D eigenvalue weighted by molar-refractivity contribution is 0.0980. The fourth-order valence-electron chi connectivity index (χ4n) is 0.796. The molecule has 0 radical (unpaired) electrons. The summed E-state index contributed by atoms with van der Waals surface area (Å²) in [4.78, 5) is 10.8. The van der Waals surface area contributed by atoms with E-state index in [1.165, 1.54) is 13.1 Å². The smallest absolute Gasteiger partial charge is 0.258 e. The van der Waals surface area contributed by atoms with Crippen molar-refractivity contribution in [2.24, 2.45) is 0 Å². The number of hydrogen-bond acceptors (Lipinski definition) is 3. The molecular formula is C6H7F2N3O. The van der Waals surface area contributed by atoms with Crippen LogP contribution in [0.25, 0.3) is 0 Å². The molecule has 0 spiro atoms. The first-order valence-corrected chi connectivity index (χ1v) is 3.29. The second-order valence-electron chi connectivity index (χ2n) is 2.25. The molecule has 0 aliphatic carbocycles. The fraction of sp³-hybridized carbons (Fsp3) is 0.500. The molecule has 0 aliphatic heterocycles. The van der Waals surface area contributed by atoms with Gasteiger partial charge in [0.25, 0.3) is 6.43 Å². The Balaban J connectivity index is 2.84. The number of carbonyl (C=O) groups is 1. The van der Waals surface area contributed by atoms with Crippen molar-refractivity contribution in [3.63, 3.8) is 0 Å². The third-order valence-electron chi connectivity index (χ3n) is 1.29. The predicted octanol–water partition coefficient (Wildman–Crippen LogP) is 0.746. The van der Waals surface area contributed by atoms with Gasteiger partial charge in [-0.25, -0.2) is 13.5 Å². The van der Waals surface area contributed by atoms with E-state index in [9.17, 15) is 13.6 Å². The summed E-state index contributed by atoms with van der Waals surface area (Å²) < 4.78 is 24.6. The van der Waals surface area contributed by atoms with Crippen LogP contribution < -0.4 is 0 Å². The van der Waals surface area contributed by atoms with Gasteiger partial charge in [0.05, 0.1) is 6.20 Å². The lowest BCUT2D eigenvalue weighted by Gasteiger charge is -2.00. The predicted molar refractivity (Wildman–Crippen MR) is 36.0 cm³/mol. The van der Waals surface area contributed by atoms with Crippen LogP contribution in [0.3, 0.4) is 0 Å².